The largest absolute Gasteiger partial charge is 0.310 e. The monoisotopic (exact) mass is 137 g/mol. The molecule has 1 N–H and O–H groups in total. The van der Waals surface area contributed by atoms with Gasteiger partial charge in [0.15, 0.2) is 0 Å². The molecule has 1 saturated heterocycles. The first-order valence-corrected chi connectivity index (χ1v) is 4.01. The van der Waals surface area contributed by atoms with E-state index in [1.54, 1.807) is 0 Å². The minimum absolute atomic E-state index is 0.300. The number of nitrogens with one attached hydrogen (secondary N) is 1. The van der Waals surface area contributed by atoms with Crippen LogP contribution in [0, 0.1) is 12.3 Å². The molecule has 0 aromatic heterocycles. The zero-order chi connectivity index (χ0) is 7.45. The van der Waals surface area contributed by atoms with Crippen LogP contribution in [0.5, 0.6) is 0 Å². The lowest BCUT2D eigenvalue weighted by molar-refractivity contribution is 0.372. The minimum atomic E-state index is 0.300. The van der Waals surface area contributed by atoms with Crippen molar-refractivity contribution < 1.29 is 0 Å². The van der Waals surface area contributed by atoms with Gasteiger partial charge in [0, 0.05) is 12.0 Å². The van der Waals surface area contributed by atoms with Crippen molar-refractivity contribution in [1.82, 2.24) is 5.32 Å². The second-order valence-electron chi connectivity index (χ2n) is 3.05. The van der Waals surface area contributed by atoms with Crippen LogP contribution in [-0.4, -0.2) is 12.1 Å². The van der Waals surface area contributed by atoms with Gasteiger partial charge in [-0.2, -0.15) is 0 Å². The third-order valence-electron chi connectivity index (χ3n) is 2.45. The second kappa shape index (κ2) is 3.07. The summed E-state index contributed by atoms with van der Waals surface area (Å²) in [6, 6.07) is 0. The zero-order valence-electron chi connectivity index (χ0n) is 6.61. The van der Waals surface area contributed by atoms with Crippen LogP contribution in [0.3, 0.4) is 0 Å². The first-order chi connectivity index (χ1) is 4.83. The molecule has 1 unspecified atom stereocenters. The van der Waals surface area contributed by atoms with Crippen molar-refractivity contribution >= 4 is 0 Å². The van der Waals surface area contributed by atoms with E-state index in [4.69, 9.17) is 6.42 Å². The molecule has 56 valence electrons. The highest BCUT2D eigenvalue weighted by Crippen LogP contribution is 2.25. The summed E-state index contributed by atoms with van der Waals surface area (Å²) < 4.78 is 0. The van der Waals surface area contributed by atoms with E-state index in [0.29, 0.717) is 5.54 Å². The van der Waals surface area contributed by atoms with Gasteiger partial charge < -0.3 is 5.32 Å². The lowest BCUT2D eigenvalue weighted by Crippen LogP contribution is -2.38. The molecule has 1 fully saturated rings. The summed E-state index contributed by atoms with van der Waals surface area (Å²) in [7, 11) is 0. The van der Waals surface area contributed by atoms with E-state index in [1.165, 1.54) is 12.8 Å². The van der Waals surface area contributed by atoms with Crippen LogP contribution in [0.25, 0.3) is 0 Å². The van der Waals surface area contributed by atoms with E-state index < -0.39 is 0 Å². The van der Waals surface area contributed by atoms with E-state index >= 15 is 0 Å². The van der Waals surface area contributed by atoms with Crippen LogP contribution >= 0.6 is 0 Å². The van der Waals surface area contributed by atoms with Crippen molar-refractivity contribution in [3.8, 4) is 12.3 Å². The van der Waals surface area contributed by atoms with Crippen LogP contribution in [0.4, 0.5) is 0 Å². The molecule has 0 aromatic rings. The Balaban J connectivity index is 2.51. The minimum Gasteiger partial charge on any atom is -0.310 e. The second-order valence-corrected chi connectivity index (χ2v) is 3.05. The molecule has 0 bridgehead atoms. The van der Waals surface area contributed by atoms with Gasteiger partial charge in [-0.15, -0.1) is 12.3 Å². The van der Waals surface area contributed by atoms with Gasteiger partial charge >= 0.3 is 0 Å². The molecule has 1 atom stereocenters. The Morgan fingerprint density at radius 2 is 2.50 bits per heavy atom. The van der Waals surface area contributed by atoms with Gasteiger partial charge in [0.05, 0.1) is 0 Å². The first kappa shape index (κ1) is 7.63. The fourth-order valence-corrected chi connectivity index (χ4v) is 1.64. The lowest BCUT2D eigenvalue weighted by atomic mass is 9.91. The molecule has 0 saturated carbocycles. The smallest absolute Gasteiger partial charge is 0.0288 e. The average Bonchev–Trinajstić information content (AvgIpc) is 2.39. The van der Waals surface area contributed by atoms with Gasteiger partial charge in [-0.05, 0) is 25.8 Å². The van der Waals surface area contributed by atoms with Gasteiger partial charge in [0.2, 0.25) is 0 Å². The summed E-state index contributed by atoms with van der Waals surface area (Å²) in [5, 5.41) is 3.48. The maximum absolute atomic E-state index is 5.28. The Morgan fingerprint density at radius 1 is 1.70 bits per heavy atom. The van der Waals surface area contributed by atoms with Crippen LogP contribution in [0.2, 0.25) is 0 Å². The van der Waals surface area contributed by atoms with E-state index in [2.05, 4.69) is 18.2 Å². The van der Waals surface area contributed by atoms with Gasteiger partial charge in [0.25, 0.3) is 0 Å². The lowest BCUT2D eigenvalue weighted by Gasteiger charge is -2.25. The standard InChI is InChI=1S/C9H15N/c1-3-6-9(4-2)7-5-8-10-9/h1,10H,4-8H2,2H3. The Bertz CT molecular complexity index is 137. The summed E-state index contributed by atoms with van der Waals surface area (Å²) >= 11 is 0. The summed E-state index contributed by atoms with van der Waals surface area (Å²) in [6.45, 7) is 3.35. The van der Waals surface area contributed by atoms with Gasteiger partial charge in [-0.1, -0.05) is 6.92 Å². The molecule has 0 radical (unpaired) electrons. The molecule has 10 heavy (non-hydrogen) atoms. The molecule has 1 aliphatic rings. The fraction of sp³-hybridized carbons (Fsp3) is 0.778. The van der Waals surface area contributed by atoms with Crippen LogP contribution in [-0.2, 0) is 0 Å². The van der Waals surface area contributed by atoms with Crippen molar-refractivity contribution in [2.24, 2.45) is 0 Å². The molecule has 0 aromatic carbocycles. The molecule has 1 rings (SSSR count). The van der Waals surface area contributed by atoms with E-state index in [1.807, 2.05) is 0 Å². The van der Waals surface area contributed by atoms with Crippen molar-refractivity contribution in [3.63, 3.8) is 0 Å². The highest BCUT2D eigenvalue weighted by molar-refractivity contribution is 5.02. The maximum atomic E-state index is 5.28. The normalized spacial score (nSPS) is 32.0. The first-order valence-electron chi connectivity index (χ1n) is 4.01. The van der Waals surface area contributed by atoms with Gasteiger partial charge in [0.1, 0.15) is 0 Å². The van der Waals surface area contributed by atoms with Crippen molar-refractivity contribution in [2.45, 2.75) is 38.1 Å². The number of terminal acetylenes is 1. The maximum Gasteiger partial charge on any atom is 0.0288 e. The molecule has 1 nitrogen and oxygen atoms in total. The summed E-state index contributed by atoms with van der Waals surface area (Å²) in [4.78, 5) is 0. The Morgan fingerprint density at radius 3 is 2.90 bits per heavy atom. The molecule has 0 amide bonds. The Kier molecular flexibility index (Phi) is 2.34. The van der Waals surface area contributed by atoms with Crippen LogP contribution in [0.1, 0.15) is 32.6 Å². The quantitative estimate of drug-likeness (QED) is 0.569. The third kappa shape index (κ3) is 1.33. The van der Waals surface area contributed by atoms with E-state index in [9.17, 15) is 0 Å². The van der Waals surface area contributed by atoms with Gasteiger partial charge in [-0.25, -0.2) is 0 Å². The SMILES string of the molecule is C#CCC1(CC)CCCN1. The molecule has 0 spiro atoms. The van der Waals surface area contributed by atoms with Crippen LogP contribution in [0.15, 0.2) is 0 Å². The molecular formula is C9H15N. The molecule has 0 aliphatic carbocycles. The van der Waals surface area contributed by atoms with Gasteiger partial charge in [-0.3, -0.25) is 0 Å². The van der Waals surface area contributed by atoms with Crippen LogP contribution < -0.4 is 5.32 Å². The number of rotatable bonds is 2. The highest BCUT2D eigenvalue weighted by Gasteiger charge is 2.29. The molecule has 1 aliphatic heterocycles. The third-order valence-corrected chi connectivity index (χ3v) is 2.45. The Hall–Kier alpha value is -0.480. The Labute approximate surface area is 63.2 Å². The highest BCUT2D eigenvalue weighted by atomic mass is 15.0. The topological polar surface area (TPSA) is 12.0 Å². The molecular weight excluding hydrogens is 122 g/mol. The van der Waals surface area contributed by atoms with E-state index in [-0.39, 0.29) is 0 Å². The summed E-state index contributed by atoms with van der Waals surface area (Å²) in [5.74, 6) is 2.74. The molecule has 1 heteroatoms. The fourth-order valence-electron chi connectivity index (χ4n) is 1.64. The van der Waals surface area contributed by atoms with Crippen molar-refractivity contribution in [2.75, 3.05) is 6.54 Å². The number of hydrogen-bond acceptors (Lipinski definition) is 1. The van der Waals surface area contributed by atoms with Crippen molar-refractivity contribution in [3.05, 3.63) is 0 Å². The van der Waals surface area contributed by atoms with E-state index in [0.717, 1.165) is 19.4 Å². The predicted octanol–water partition coefficient (Wildman–Crippen LogP) is 1.54. The summed E-state index contributed by atoms with van der Waals surface area (Å²) in [5.41, 5.74) is 0.300. The molecule has 1 heterocycles. The zero-order valence-corrected chi connectivity index (χ0v) is 6.61. The average molecular weight is 137 g/mol. The number of hydrogen-bond donors (Lipinski definition) is 1. The summed E-state index contributed by atoms with van der Waals surface area (Å²) in [6.07, 6.45) is 9.88. The predicted molar refractivity (Wildman–Crippen MR) is 43.7 cm³/mol. The van der Waals surface area contributed by atoms with Crippen molar-refractivity contribution in [1.29, 1.82) is 0 Å².